The molecule has 0 aromatic heterocycles. The van der Waals surface area contributed by atoms with E-state index in [1.165, 1.54) is 89.9 Å². The number of esters is 1. The van der Waals surface area contributed by atoms with E-state index in [2.05, 4.69) is 50.3 Å². The van der Waals surface area contributed by atoms with Crippen LogP contribution in [0.3, 0.4) is 0 Å². The number of unbranched alkanes of at least 4 members (excludes halogenated alkanes) is 19. The third kappa shape index (κ3) is 38.2. The fourth-order valence-electron chi connectivity index (χ4n) is 5.42. The summed E-state index contributed by atoms with van der Waals surface area (Å²) < 4.78 is 33.2. The quantitative estimate of drug-likeness (QED) is 0.0243. The van der Waals surface area contributed by atoms with Gasteiger partial charge in [0.15, 0.2) is 0 Å². The number of aliphatic hydroxyl groups excluding tert-OH is 2. The number of rotatable bonds is 39. The molecular formula is C41H77O9P. The van der Waals surface area contributed by atoms with Crippen molar-refractivity contribution in [1.29, 1.82) is 0 Å². The van der Waals surface area contributed by atoms with Gasteiger partial charge in [-0.2, -0.15) is 0 Å². The molecule has 0 aliphatic carbocycles. The Morgan fingerprint density at radius 1 is 0.608 bits per heavy atom. The number of carbonyl (C=O) groups is 1. The van der Waals surface area contributed by atoms with Crippen LogP contribution in [0.4, 0.5) is 0 Å². The van der Waals surface area contributed by atoms with Gasteiger partial charge in [-0.15, -0.1) is 0 Å². The molecule has 300 valence electrons. The molecule has 9 nitrogen and oxygen atoms in total. The number of phosphoric acid groups is 1. The van der Waals surface area contributed by atoms with Gasteiger partial charge in [0, 0.05) is 13.0 Å². The Morgan fingerprint density at radius 3 is 1.59 bits per heavy atom. The first-order valence-corrected chi connectivity index (χ1v) is 22.0. The molecular weight excluding hydrogens is 667 g/mol. The molecule has 0 saturated carbocycles. The predicted molar refractivity (Wildman–Crippen MR) is 210 cm³/mol. The number of aliphatic hydroxyl groups is 2. The zero-order chi connectivity index (χ0) is 37.5. The minimum atomic E-state index is -4.51. The van der Waals surface area contributed by atoms with Crippen molar-refractivity contribution in [3.8, 4) is 0 Å². The van der Waals surface area contributed by atoms with Crippen LogP contribution in [0.25, 0.3) is 0 Å². The first-order valence-electron chi connectivity index (χ1n) is 20.5. The Balaban J connectivity index is 4.15. The van der Waals surface area contributed by atoms with Gasteiger partial charge in [-0.25, -0.2) is 4.57 Å². The molecule has 10 heteroatoms. The standard InChI is InChI=1S/C41H77O9P/c1-3-5-7-9-11-13-14-15-16-17-18-19-20-21-22-23-24-25-27-29-31-33-41(44)50-40(38-49-51(45,46)48-36-39(43)35-42)37-47-34-32-30-28-26-12-10-8-6-4-2/h14-15,17-18,20-21,39-40,42-43H,3-13,16,19,22-38H2,1-2H3,(H,45,46)/b15-14-,18-17-,21-20-. The van der Waals surface area contributed by atoms with Crippen molar-refractivity contribution >= 4 is 13.8 Å². The molecule has 0 aromatic rings. The molecule has 51 heavy (non-hydrogen) atoms. The van der Waals surface area contributed by atoms with Crippen molar-refractivity contribution in [2.24, 2.45) is 0 Å². The number of carbonyl (C=O) groups excluding carboxylic acids is 1. The summed E-state index contributed by atoms with van der Waals surface area (Å²) in [4.78, 5) is 22.5. The van der Waals surface area contributed by atoms with E-state index in [4.69, 9.17) is 23.6 Å². The smallest absolute Gasteiger partial charge is 0.457 e. The molecule has 0 aliphatic heterocycles. The Bertz CT molecular complexity index is 892. The van der Waals surface area contributed by atoms with Crippen molar-refractivity contribution in [1.82, 2.24) is 0 Å². The molecule has 3 unspecified atom stereocenters. The normalized spacial score (nSPS) is 14.5. The van der Waals surface area contributed by atoms with E-state index in [1.807, 2.05) is 0 Å². The Kier molecular flexibility index (Phi) is 37.4. The van der Waals surface area contributed by atoms with Gasteiger partial charge in [0.05, 0.1) is 26.4 Å². The van der Waals surface area contributed by atoms with Crippen LogP contribution in [0.1, 0.15) is 174 Å². The first kappa shape index (κ1) is 49.7. The molecule has 0 radical (unpaired) electrons. The van der Waals surface area contributed by atoms with Gasteiger partial charge < -0.3 is 24.6 Å². The highest BCUT2D eigenvalue weighted by molar-refractivity contribution is 7.47. The van der Waals surface area contributed by atoms with Crippen LogP contribution in [0.2, 0.25) is 0 Å². The third-order valence-corrected chi connectivity index (χ3v) is 9.53. The summed E-state index contributed by atoms with van der Waals surface area (Å²) in [5.74, 6) is -0.396. The van der Waals surface area contributed by atoms with Crippen LogP contribution in [-0.2, 0) is 27.9 Å². The molecule has 0 amide bonds. The second-order valence-electron chi connectivity index (χ2n) is 13.7. The van der Waals surface area contributed by atoms with Crippen LogP contribution >= 0.6 is 7.82 Å². The second kappa shape index (κ2) is 38.4. The van der Waals surface area contributed by atoms with Crippen LogP contribution in [0.5, 0.6) is 0 Å². The maximum atomic E-state index is 12.6. The molecule has 0 rings (SSSR count). The average molecular weight is 745 g/mol. The molecule has 0 saturated heterocycles. The summed E-state index contributed by atoms with van der Waals surface area (Å²) in [5.41, 5.74) is 0. The van der Waals surface area contributed by atoms with Crippen LogP contribution < -0.4 is 0 Å². The van der Waals surface area contributed by atoms with Gasteiger partial charge in [0.1, 0.15) is 12.2 Å². The molecule has 3 atom stereocenters. The number of hydrogen-bond donors (Lipinski definition) is 3. The molecule has 0 heterocycles. The molecule has 0 spiro atoms. The summed E-state index contributed by atoms with van der Waals surface area (Å²) in [6.45, 7) is 3.47. The van der Waals surface area contributed by atoms with Crippen LogP contribution in [-0.4, -0.2) is 66.3 Å². The summed E-state index contributed by atoms with van der Waals surface area (Å²) >= 11 is 0. The van der Waals surface area contributed by atoms with E-state index >= 15 is 0 Å². The van der Waals surface area contributed by atoms with E-state index in [0.29, 0.717) is 13.0 Å². The van der Waals surface area contributed by atoms with E-state index in [-0.39, 0.29) is 19.6 Å². The lowest BCUT2D eigenvalue weighted by atomic mass is 10.1. The van der Waals surface area contributed by atoms with Crippen LogP contribution in [0, 0.1) is 0 Å². The lowest BCUT2D eigenvalue weighted by molar-refractivity contribution is -0.154. The Labute approximate surface area is 312 Å². The second-order valence-corrected chi connectivity index (χ2v) is 15.1. The van der Waals surface area contributed by atoms with Crippen molar-refractivity contribution in [2.75, 3.05) is 33.0 Å². The largest absolute Gasteiger partial charge is 0.472 e. The summed E-state index contributed by atoms with van der Waals surface area (Å²) in [6, 6.07) is 0. The highest BCUT2D eigenvalue weighted by Gasteiger charge is 2.26. The van der Waals surface area contributed by atoms with Crippen molar-refractivity contribution in [3.05, 3.63) is 36.5 Å². The summed E-state index contributed by atoms with van der Waals surface area (Å²) in [7, 11) is -4.51. The zero-order valence-corrected chi connectivity index (χ0v) is 33.5. The van der Waals surface area contributed by atoms with Gasteiger partial charge in [-0.3, -0.25) is 13.8 Å². The highest BCUT2D eigenvalue weighted by Crippen LogP contribution is 2.43. The molecule has 0 fully saturated rings. The van der Waals surface area contributed by atoms with Gasteiger partial charge in [0.25, 0.3) is 0 Å². The minimum absolute atomic E-state index is 0.0450. The SMILES string of the molecule is CCCCCCC/C=C\C/C=C\C/C=C\CCCCCCCCC(=O)OC(COCCCCCCCCCCC)COP(=O)(O)OCC(O)CO. The molecule has 0 aliphatic rings. The van der Waals surface area contributed by atoms with Gasteiger partial charge in [-0.1, -0.05) is 153 Å². The number of hydrogen-bond acceptors (Lipinski definition) is 8. The predicted octanol–water partition coefficient (Wildman–Crippen LogP) is 10.9. The number of ether oxygens (including phenoxy) is 2. The molecule has 3 N–H and O–H groups in total. The monoisotopic (exact) mass is 745 g/mol. The van der Waals surface area contributed by atoms with Crippen molar-refractivity contribution < 1.29 is 43.0 Å². The zero-order valence-electron chi connectivity index (χ0n) is 32.6. The fourth-order valence-corrected chi connectivity index (χ4v) is 6.21. The molecule has 0 bridgehead atoms. The van der Waals surface area contributed by atoms with E-state index < -0.39 is 39.2 Å². The third-order valence-electron chi connectivity index (χ3n) is 8.58. The Morgan fingerprint density at radius 2 is 1.06 bits per heavy atom. The van der Waals surface area contributed by atoms with E-state index in [9.17, 15) is 19.4 Å². The van der Waals surface area contributed by atoms with Crippen LogP contribution in [0.15, 0.2) is 36.5 Å². The first-order chi connectivity index (χ1) is 24.8. The lowest BCUT2D eigenvalue weighted by Crippen LogP contribution is -2.29. The van der Waals surface area contributed by atoms with Crippen molar-refractivity contribution in [2.45, 2.75) is 187 Å². The lowest BCUT2D eigenvalue weighted by Gasteiger charge is -2.20. The highest BCUT2D eigenvalue weighted by atomic mass is 31.2. The Hall–Kier alpha value is -1.32. The minimum Gasteiger partial charge on any atom is -0.457 e. The summed E-state index contributed by atoms with van der Waals surface area (Å²) in [6.07, 6.45) is 39.6. The maximum absolute atomic E-state index is 12.6. The van der Waals surface area contributed by atoms with Gasteiger partial charge in [0.2, 0.25) is 0 Å². The van der Waals surface area contributed by atoms with E-state index in [0.717, 1.165) is 57.8 Å². The molecule has 0 aromatic carbocycles. The fraction of sp³-hybridized carbons (Fsp3) is 0.829. The number of allylic oxidation sites excluding steroid dienone is 6. The van der Waals surface area contributed by atoms with Gasteiger partial charge >= 0.3 is 13.8 Å². The summed E-state index contributed by atoms with van der Waals surface area (Å²) in [5, 5.41) is 18.3. The number of phosphoric ester groups is 1. The topological polar surface area (TPSA) is 132 Å². The average Bonchev–Trinajstić information content (AvgIpc) is 3.12. The van der Waals surface area contributed by atoms with Crippen molar-refractivity contribution in [3.63, 3.8) is 0 Å². The van der Waals surface area contributed by atoms with Gasteiger partial charge in [-0.05, 0) is 51.4 Å². The maximum Gasteiger partial charge on any atom is 0.472 e. The van der Waals surface area contributed by atoms with E-state index in [1.54, 1.807) is 0 Å².